The van der Waals surface area contributed by atoms with E-state index in [1.165, 1.54) is 0 Å². The van der Waals surface area contributed by atoms with Crippen LogP contribution in [0.1, 0.15) is 17.3 Å². The number of rotatable bonds is 5. The van der Waals surface area contributed by atoms with E-state index in [2.05, 4.69) is 22.5 Å². The van der Waals surface area contributed by atoms with Crippen molar-refractivity contribution in [2.24, 2.45) is 0 Å². The predicted octanol–water partition coefficient (Wildman–Crippen LogP) is 0.990. The fraction of sp³-hybridized carbons (Fsp3) is 0.462. The van der Waals surface area contributed by atoms with Gasteiger partial charge in [-0.05, 0) is 39.2 Å². The van der Waals surface area contributed by atoms with E-state index in [0.717, 1.165) is 12.2 Å². The number of amides is 1. The van der Waals surface area contributed by atoms with Crippen LogP contribution in [0.15, 0.2) is 18.2 Å². The number of hydrogen-bond acceptors (Lipinski definition) is 4. The molecule has 0 aliphatic rings. The van der Waals surface area contributed by atoms with Crippen molar-refractivity contribution >= 4 is 17.3 Å². The van der Waals surface area contributed by atoms with Gasteiger partial charge < -0.3 is 21.3 Å². The average molecular weight is 250 g/mol. The Bertz CT molecular complexity index is 417. The first kappa shape index (κ1) is 14.3. The molecular formula is C13H22N4O. The molecule has 0 aliphatic heterocycles. The highest BCUT2D eigenvalue weighted by Crippen LogP contribution is 2.21. The van der Waals surface area contributed by atoms with Gasteiger partial charge in [0.15, 0.2) is 0 Å². The van der Waals surface area contributed by atoms with Crippen LogP contribution in [0.5, 0.6) is 0 Å². The number of anilines is 2. The highest BCUT2D eigenvalue weighted by Gasteiger charge is 2.09. The van der Waals surface area contributed by atoms with Crippen molar-refractivity contribution in [3.8, 4) is 0 Å². The summed E-state index contributed by atoms with van der Waals surface area (Å²) in [5.74, 6) is -0.113. The van der Waals surface area contributed by atoms with E-state index in [-0.39, 0.29) is 11.9 Å². The van der Waals surface area contributed by atoms with Crippen LogP contribution in [0.4, 0.5) is 11.4 Å². The SMILES string of the molecule is CNC(=O)c1ccc(N)c(NC(C)CN(C)C)c1. The molecule has 0 bridgehead atoms. The maximum absolute atomic E-state index is 11.6. The number of benzene rings is 1. The van der Waals surface area contributed by atoms with Crippen molar-refractivity contribution < 1.29 is 4.79 Å². The first-order valence-electron chi connectivity index (χ1n) is 5.97. The molecule has 1 unspecified atom stereocenters. The molecule has 4 N–H and O–H groups in total. The lowest BCUT2D eigenvalue weighted by atomic mass is 10.1. The van der Waals surface area contributed by atoms with Gasteiger partial charge in [0.25, 0.3) is 5.91 Å². The summed E-state index contributed by atoms with van der Waals surface area (Å²) in [6.45, 7) is 2.97. The zero-order chi connectivity index (χ0) is 13.7. The smallest absolute Gasteiger partial charge is 0.251 e. The zero-order valence-corrected chi connectivity index (χ0v) is 11.4. The van der Waals surface area contributed by atoms with Crippen molar-refractivity contribution in [1.29, 1.82) is 0 Å². The molecule has 0 heterocycles. The van der Waals surface area contributed by atoms with Gasteiger partial charge in [0.05, 0.1) is 11.4 Å². The molecular weight excluding hydrogens is 228 g/mol. The Labute approximate surface area is 108 Å². The minimum Gasteiger partial charge on any atom is -0.397 e. The van der Waals surface area contributed by atoms with Gasteiger partial charge in [-0.1, -0.05) is 0 Å². The maximum Gasteiger partial charge on any atom is 0.251 e. The molecule has 1 rings (SSSR count). The minimum absolute atomic E-state index is 0.113. The highest BCUT2D eigenvalue weighted by molar-refractivity contribution is 5.96. The Kier molecular flexibility index (Phi) is 4.97. The van der Waals surface area contributed by atoms with Crippen molar-refractivity contribution in [2.75, 3.05) is 38.7 Å². The molecule has 0 saturated carbocycles. The molecule has 0 spiro atoms. The minimum atomic E-state index is -0.113. The van der Waals surface area contributed by atoms with Gasteiger partial charge in [0.1, 0.15) is 0 Å². The summed E-state index contributed by atoms with van der Waals surface area (Å²) in [6.07, 6.45) is 0. The van der Waals surface area contributed by atoms with Crippen LogP contribution in [-0.2, 0) is 0 Å². The van der Waals surface area contributed by atoms with Crippen LogP contribution in [0, 0.1) is 0 Å². The Hall–Kier alpha value is -1.75. The number of carbonyl (C=O) groups excluding carboxylic acids is 1. The molecule has 5 nitrogen and oxygen atoms in total. The lowest BCUT2D eigenvalue weighted by molar-refractivity contribution is 0.0963. The van der Waals surface area contributed by atoms with E-state index in [0.29, 0.717) is 11.3 Å². The highest BCUT2D eigenvalue weighted by atomic mass is 16.1. The van der Waals surface area contributed by atoms with Gasteiger partial charge in [-0.3, -0.25) is 4.79 Å². The molecule has 1 atom stereocenters. The Morgan fingerprint density at radius 2 is 2.11 bits per heavy atom. The van der Waals surface area contributed by atoms with Crippen LogP contribution >= 0.6 is 0 Å². The molecule has 0 radical (unpaired) electrons. The van der Waals surface area contributed by atoms with Gasteiger partial charge in [0, 0.05) is 25.2 Å². The average Bonchev–Trinajstić information content (AvgIpc) is 2.30. The third-order valence-electron chi connectivity index (χ3n) is 2.58. The number of carbonyl (C=O) groups is 1. The molecule has 1 aromatic carbocycles. The predicted molar refractivity (Wildman–Crippen MR) is 75.9 cm³/mol. The molecule has 1 aromatic rings. The number of hydrogen-bond donors (Lipinski definition) is 3. The summed E-state index contributed by atoms with van der Waals surface area (Å²) >= 11 is 0. The number of nitrogen functional groups attached to an aromatic ring is 1. The summed E-state index contributed by atoms with van der Waals surface area (Å²) < 4.78 is 0. The lowest BCUT2D eigenvalue weighted by Crippen LogP contribution is -2.30. The molecule has 1 amide bonds. The quantitative estimate of drug-likeness (QED) is 0.682. The maximum atomic E-state index is 11.6. The Morgan fingerprint density at radius 1 is 1.44 bits per heavy atom. The molecule has 0 saturated heterocycles. The van der Waals surface area contributed by atoms with Crippen LogP contribution in [0.3, 0.4) is 0 Å². The van der Waals surface area contributed by atoms with Crippen molar-refractivity contribution in [3.05, 3.63) is 23.8 Å². The Balaban J connectivity index is 2.84. The second kappa shape index (κ2) is 6.26. The third-order valence-corrected chi connectivity index (χ3v) is 2.58. The number of nitrogens with zero attached hydrogens (tertiary/aromatic N) is 1. The van der Waals surface area contributed by atoms with Gasteiger partial charge >= 0.3 is 0 Å². The summed E-state index contributed by atoms with van der Waals surface area (Å²) in [5, 5.41) is 5.91. The molecule has 5 heteroatoms. The van der Waals surface area contributed by atoms with Crippen molar-refractivity contribution in [2.45, 2.75) is 13.0 Å². The molecule has 0 fully saturated rings. The first-order valence-corrected chi connectivity index (χ1v) is 5.97. The van der Waals surface area contributed by atoms with Gasteiger partial charge in [-0.25, -0.2) is 0 Å². The fourth-order valence-corrected chi connectivity index (χ4v) is 1.83. The fourth-order valence-electron chi connectivity index (χ4n) is 1.83. The summed E-state index contributed by atoms with van der Waals surface area (Å²) in [6, 6.07) is 5.49. The molecule has 0 aromatic heterocycles. The zero-order valence-electron chi connectivity index (χ0n) is 11.4. The standard InChI is InChI=1S/C13H22N4O/c1-9(8-17(3)4)16-12-7-10(13(18)15-2)5-6-11(12)14/h5-7,9,16H,8,14H2,1-4H3,(H,15,18). The largest absolute Gasteiger partial charge is 0.397 e. The topological polar surface area (TPSA) is 70.4 Å². The summed E-state index contributed by atoms with van der Waals surface area (Å²) in [4.78, 5) is 13.6. The molecule has 0 aliphatic carbocycles. The van der Waals surface area contributed by atoms with Crippen molar-refractivity contribution in [3.63, 3.8) is 0 Å². The van der Waals surface area contributed by atoms with Gasteiger partial charge in [-0.15, -0.1) is 0 Å². The van der Waals surface area contributed by atoms with Gasteiger partial charge in [0.2, 0.25) is 0 Å². The van der Waals surface area contributed by atoms with E-state index in [4.69, 9.17) is 5.73 Å². The number of nitrogens with one attached hydrogen (secondary N) is 2. The van der Waals surface area contributed by atoms with E-state index < -0.39 is 0 Å². The second-order valence-corrected chi connectivity index (χ2v) is 4.69. The van der Waals surface area contributed by atoms with Crippen LogP contribution in [0.2, 0.25) is 0 Å². The second-order valence-electron chi connectivity index (χ2n) is 4.69. The first-order chi connectivity index (χ1) is 8.43. The third kappa shape index (κ3) is 3.92. The normalized spacial score (nSPS) is 12.3. The van der Waals surface area contributed by atoms with E-state index >= 15 is 0 Å². The Morgan fingerprint density at radius 3 is 2.67 bits per heavy atom. The number of likely N-dealkylation sites (N-methyl/N-ethyl adjacent to an activating group) is 1. The summed E-state index contributed by atoms with van der Waals surface area (Å²) in [7, 11) is 5.64. The molecule has 100 valence electrons. The van der Waals surface area contributed by atoms with Crippen LogP contribution in [0.25, 0.3) is 0 Å². The van der Waals surface area contributed by atoms with Crippen LogP contribution in [-0.4, -0.2) is 44.5 Å². The monoisotopic (exact) mass is 250 g/mol. The van der Waals surface area contributed by atoms with E-state index in [9.17, 15) is 4.79 Å². The summed E-state index contributed by atoms with van der Waals surface area (Å²) in [5.41, 5.74) is 7.95. The van der Waals surface area contributed by atoms with Crippen LogP contribution < -0.4 is 16.4 Å². The van der Waals surface area contributed by atoms with Gasteiger partial charge in [-0.2, -0.15) is 0 Å². The van der Waals surface area contributed by atoms with E-state index in [1.807, 2.05) is 14.1 Å². The lowest BCUT2D eigenvalue weighted by Gasteiger charge is -2.20. The molecule has 18 heavy (non-hydrogen) atoms. The number of nitrogens with two attached hydrogens (primary N) is 1. The van der Waals surface area contributed by atoms with Crippen molar-refractivity contribution in [1.82, 2.24) is 10.2 Å². The van der Waals surface area contributed by atoms with E-state index in [1.54, 1.807) is 25.2 Å².